The van der Waals surface area contributed by atoms with E-state index < -0.39 is 0 Å². The molecule has 0 heterocycles. The van der Waals surface area contributed by atoms with E-state index in [0.717, 1.165) is 29.9 Å². The molecule has 0 unspecified atom stereocenters. The van der Waals surface area contributed by atoms with Gasteiger partial charge in [0.25, 0.3) is 0 Å². The molecule has 13 heavy (non-hydrogen) atoms. The number of aryl methyl sites for hydroxylation is 1. The summed E-state index contributed by atoms with van der Waals surface area (Å²) in [6.07, 6.45) is 1.72. The number of benzene rings is 1. The van der Waals surface area contributed by atoms with Gasteiger partial charge in [0.2, 0.25) is 0 Å². The zero-order valence-corrected chi connectivity index (χ0v) is 9.19. The summed E-state index contributed by atoms with van der Waals surface area (Å²) in [5.41, 5.74) is 2.20. The van der Waals surface area contributed by atoms with Crippen LogP contribution in [0.5, 0.6) is 5.75 Å². The summed E-state index contributed by atoms with van der Waals surface area (Å²) in [6, 6.07) is 5.63. The number of hydrogen-bond donors (Lipinski definition) is 3. The third kappa shape index (κ3) is 2.85. The molecule has 1 aromatic carbocycles. The van der Waals surface area contributed by atoms with E-state index >= 15 is 0 Å². The maximum atomic E-state index is 9.59. The standard InChI is InChI=1S/C10H14OS2/c11-10-3-1-2-8(4-6-12)9(10)5-7-13/h1-3,11-13H,4-7H2. The second-order valence-electron chi connectivity index (χ2n) is 2.86. The summed E-state index contributed by atoms with van der Waals surface area (Å²) < 4.78 is 0. The summed E-state index contributed by atoms with van der Waals surface area (Å²) in [5, 5.41) is 9.59. The number of aromatic hydroxyl groups is 1. The maximum absolute atomic E-state index is 9.59. The lowest BCUT2D eigenvalue weighted by molar-refractivity contribution is 0.468. The first kappa shape index (κ1) is 10.8. The van der Waals surface area contributed by atoms with Gasteiger partial charge in [0.05, 0.1) is 0 Å². The van der Waals surface area contributed by atoms with Crippen molar-refractivity contribution in [3.63, 3.8) is 0 Å². The molecule has 0 spiro atoms. The van der Waals surface area contributed by atoms with Crippen molar-refractivity contribution in [3.05, 3.63) is 29.3 Å². The predicted molar refractivity (Wildman–Crippen MR) is 63.2 cm³/mol. The van der Waals surface area contributed by atoms with Crippen LogP contribution in [0.1, 0.15) is 11.1 Å². The third-order valence-corrected chi connectivity index (χ3v) is 2.44. The molecule has 0 aliphatic heterocycles. The quantitative estimate of drug-likeness (QED) is 0.657. The molecule has 72 valence electrons. The monoisotopic (exact) mass is 214 g/mol. The highest BCUT2D eigenvalue weighted by Crippen LogP contribution is 2.22. The molecule has 1 rings (SSSR count). The van der Waals surface area contributed by atoms with E-state index in [1.807, 2.05) is 12.1 Å². The highest BCUT2D eigenvalue weighted by atomic mass is 32.1. The number of phenols is 1. The number of hydrogen-bond acceptors (Lipinski definition) is 3. The van der Waals surface area contributed by atoms with Gasteiger partial charge < -0.3 is 5.11 Å². The summed E-state index contributed by atoms with van der Waals surface area (Å²) in [5.74, 6) is 1.95. The molecule has 0 fully saturated rings. The minimum atomic E-state index is 0.383. The second kappa shape index (κ2) is 5.45. The zero-order valence-electron chi connectivity index (χ0n) is 7.40. The van der Waals surface area contributed by atoms with Gasteiger partial charge in [0.1, 0.15) is 5.75 Å². The molecule has 1 nitrogen and oxygen atoms in total. The van der Waals surface area contributed by atoms with Crippen LogP contribution in [0.15, 0.2) is 18.2 Å². The number of thiol groups is 2. The molecule has 0 aromatic heterocycles. The molecule has 0 aliphatic carbocycles. The summed E-state index contributed by atoms with van der Waals surface area (Å²) in [6.45, 7) is 0. The smallest absolute Gasteiger partial charge is 0.119 e. The van der Waals surface area contributed by atoms with Crippen molar-refractivity contribution >= 4 is 25.3 Å². The maximum Gasteiger partial charge on any atom is 0.119 e. The van der Waals surface area contributed by atoms with Crippen LogP contribution in [0.4, 0.5) is 0 Å². The van der Waals surface area contributed by atoms with Gasteiger partial charge in [-0.2, -0.15) is 25.3 Å². The second-order valence-corrected chi connectivity index (χ2v) is 3.76. The lowest BCUT2D eigenvalue weighted by Gasteiger charge is -2.08. The normalized spacial score (nSPS) is 10.3. The Kier molecular flexibility index (Phi) is 4.53. The van der Waals surface area contributed by atoms with Crippen LogP contribution in [0.2, 0.25) is 0 Å². The van der Waals surface area contributed by atoms with Gasteiger partial charge in [-0.15, -0.1) is 0 Å². The first-order chi connectivity index (χ1) is 6.29. The molecular weight excluding hydrogens is 200 g/mol. The van der Waals surface area contributed by atoms with Crippen molar-refractivity contribution < 1.29 is 5.11 Å². The third-order valence-electron chi connectivity index (χ3n) is 1.99. The molecule has 0 bridgehead atoms. The first-order valence-electron chi connectivity index (χ1n) is 4.31. The van der Waals surface area contributed by atoms with Crippen LogP contribution in [-0.2, 0) is 12.8 Å². The fraction of sp³-hybridized carbons (Fsp3) is 0.400. The van der Waals surface area contributed by atoms with E-state index in [0.29, 0.717) is 5.75 Å². The van der Waals surface area contributed by atoms with Crippen molar-refractivity contribution in [2.75, 3.05) is 11.5 Å². The Morgan fingerprint density at radius 3 is 2.38 bits per heavy atom. The molecular formula is C10H14OS2. The average Bonchev–Trinajstić information content (AvgIpc) is 2.11. The zero-order chi connectivity index (χ0) is 9.68. The van der Waals surface area contributed by atoms with Crippen LogP contribution in [-0.4, -0.2) is 16.6 Å². The lowest BCUT2D eigenvalue weighted by Crippen LogP contribution is -1.96. The molecule has 0 radical (unpaired) electrons. The Labute approximate surface area is 90.0 Å². The van der Waals surface area contributed by atoms with E-state index in [9.17, 15) is 5.11 Å². The lowest BCUT2D eigenvalue weighted by atomic mass is 10.0. The van der Waals surface area contributed by atoms with Gasteiger partial charge >= 0.3 is 0 Å². The molecule has 0 saturated heterocycles. The van der Waals surface area contributed by atoms with Crippen molar-refractivity contribution in [3.8, 4) is 5.75 Å². The molecule has 0 aliphatic rings. The Hall–Kier alpha value is -0.280. The van der Waals surface area contributed by atoms with E-state index in [1.54, 1.807) is 6.07 Å². The van der Waals surface area contributed by atoms with E-state index in [4.69, 9.17) is 0 Å². The van der Waals surface area contributed by atoms with Crippen LogP contribution < -0.4 is 0 Å². The highest BCUT2D eigenvalue weighted by molar-refractivity contribution is 7.80. The fourth-order valence-corrected chi connectivity index (χ4v) is 1.84. The highest BCUT2D eigenvalue weighted by Gasteiger charge is 2.05. The van der Waals surface area contributed by atoms with Gasteiger partial charge in [0.15, 0.2) is 0 Å². The molecule has 0 amide bonds. The van der Waals surface area contributed by atoms with E-state index in [2.05, 4.69) is 25.3 Å². The van der Waals surface area contributed by atoms with Crippen LogP contribution >= 0.6 is 25.3 Å². The predicted octanol–water partition coefficient (Wildman–Crippen LogP) is 2.34. The summed E-state index contributed by atoms with van der Waals surface area (Å²) >= 11 is 8.35. The van der Waals surface area contributed by atoms with Crippen LogP contribution in [0, 0.1) is 0 Å². The van der Waals surface area contributed by atoms with E-state index in [-0.39, 0.29) is 0 Å². The van der Waals surface area contributed by atoms with Gasteiger partial charge in [-0.05, 0) is 41.5 Å². The number of rotatable bonds is 4. The Morgan fingerprint density at radius 2 is 1.77 bits per heavy atom. The molecule has 0 atom stereocenters. The molecule has 0 saturated carbocycles. The SMILES string of the molecule is Oc1cccc(CCS)c1CCS. The summed E-state index contributed by atoms with van der Waals surface area (Å²) in [4.78, 5) is 0. The van der Waals surface area contributed by atoms with Crippen molar-refractivity contribution in [2.24, 2.45) is 0 Å². The van der Waals surface area contributed by atoms with Crippen molar-refractivity contribution in [1.29, 1.82) is 0 Å². The molecule has 1 N–H and O–H groups in total. The average molecular weight is 214 g/mol. The topological polar surface area (TPSA) is 20.2 Å². The minimum absolute atomic E-state index is 0.383. The van der Waals surface area contributed by atoms with Crippen molar-refractivity contribution in [2.45, 2.75) is 12.8 Å². The van der Waals surface area contributed by atoms with Gasteiger partial charge in [-0.1, -0.05) is 12.1 Å². The Morgan fingerprint density at radius 1 is 1.08 bits per heavy atom. The fourth-order valence-electron chi connectivity index (χ4n) is 1.38. The van der Waals surface area contributed by atoms with Gasteiger partial charge in [0, 0.05) is 0 Å². The van der Waals surface area contributed by atoms with Crippen LogP contribution in [0.25, 0.3) is 0 Å². The Bertz CT molecular complexity index is 274. The van der Waals surface area contributed by atoms with Gasteiger partial charge in [-0.25, -0.2) is 0 Å². The summed E-state index contributed by atoms with van der Waals surface area (Å²) in [7, 11) is 0. The van der Waals surface area contributed by atoms with E-state index in [1.165, 1.54) is 5.56 Å². The molecule has 1 aromatic rings. The van der Waals surface area contributed by atoms with Crippen molar-refractivity contribution in [1.82, 2.24) is 0 Å². The molecule has 3 heteroatoms. The largest absolute Gasteiger partial charge is 0.508 e. The number of phenolic OH excluding ortho intramolecular Hbond substituents is 1. The first-order valence-corrected chi connectivity index (χ1v) is 5.57. The Balaban J connectivity index is 2.95. The minimum Gasteiger partial charge on any atom is -0.508 e. The van der Waals surface area contributed by atoms with Gasteiger partial charge in [-0.3, -0.25) is 0 Å². The van der Waals surface area contributed by atoms with Crippen LogP contribution in [0.3, 0.4) is 0 Å².